The monoisotopic (exact) mass is 335 g/mol. The molecule has 3 aromatic rings. The number of para-hydroxylation sites is 1. The normalized spacial score (nSPS) is 21.5. The van der Waals surface area contributed by atoms with Crippen LogP contribution in [0.2, 0.25) is 0 Å². The summed E-state index contributed by atoms with van der Waals surface area (Å²) >= 11 is 0. The van der Waals surface area contributed by atoms with Crippen molar-refractivity contribution in [3.63, 3.8) is 0 Å². The second-order valence-corrected chi connectivity index (χ2v) is 7.37. The molecular weight excluding hydrogens is 312 g/mol. The van der Waals surface area contributed by atoms with Crippen molar-refractivity contribution in [2.24, 2.45) is 0 Å². The largest absolute Gasteiger partial charge is 0.454 e. The second-order valence-electron chi connectivity index (χ2n) is 7.37. The number of benzene rings is 2. The highest BCUT2D eigenvalue weighted by Crippen LogP contribution is 2.35. The standard InChI is InChI=1S/C21H22N2O2/c1-21(10-8-14-6-7-18-19(12-14)25-13-24-18)20-16(9-11-22-21)15-4-2-3-5-17(15)23-20/h2-7,12,22-23H,8-11,13H2,1H3/p+1/t21-/m1/s1. The summed E-state index contributed by atoms with van der Waals surface area (Å²) in [5, 5.41) is 3.89. The van der Waals surface area contributed by atoms with E-state index in [9.17, 15) is 0 Å². The number of hydrogen-bond donors (Lipinski definition) is 2. The molecule has 5 rings (SSSR count). The van der Waals surface area contributed by atoms with Gasteiger partial charge in [-0.3, -0.25) is 0 Å². The minimum Gasteiger partial charge on any atom is -0.454 e. The first-order chi connectivity index (χ1) is 12.2. The van der Waals surface area contributed by atoms with Gasteiger partial charge >= 0.3 is 0 Å². The first-order valence-corrected chi connectivity index (χ1v) is 9.06. The second kappa shape index (κ2) is 5.53. The van der Waals surface area contributed by atoms with Gasteiger partial charge in [0, 0.05) is 23.7 Å². The van der Waals surface area contributed by atoms with Crippen molar-refractivity contribution in [1.29, 1.82) is 0 Å². The van der Waals surface area contributed by atoms with Crippen LogP contribution in [0.1, 0.15) is 30.2 Å². The quantitative estimate of drug-likeness (QED) is 0.773. The van der Waals surface area contributed by atoms with Crippen LogP contribution >= 0.6 is 0 Å². The van der Waals surface area contributed by atoms with E-state index in [1.165, 1.54) is 27.7 Å². The van der Waals surface area contributed by atoms with Crippen molar-refractivity contribution in [3.8, 4) is 11.5 Å². The molecule has 4 nitrogen and oxygen atoms in total. The third kappa shape index (κ3) is 2.40. The van der Waals surface area contributed by atoms with Gasteiger partial charge in [0.2, 0.25) is 6.79 Å². The number of hydrogen-bond acceptors (Lipinski definition) is 2. The van der Waals surface area contributed by atoms with E-state index in [1.807, 2.05) is 6.07 Å². The molecule has 0 unspecified atom stereocenters. The summed E-state index contributed by atoms with van der Waals surface area (Å²) in [7, 11) is 0. The van der Waals surface area contributed by atoms with Crippen LogP contribution in [0.3, 0.4) is 0 Å². The van der Waals surface area contributed by atoms with Crippen molar-refractivity contribution in [3.05, 3.63) is 59.3 Å². The fraction of sp³-hybridized carbons (Fsp3) is 0.333. The van der Waals surface area contributed by atoms with E-state index < -0.39 is 0 Å². The highest BCUT2D eigenvalue weighted by Gasteiger charge is 2.37. The van der Waals surface area contributed by atoms with Gasteiger partial charge in [-0.25, -0.2) is 0 Å². The number of H-pyrrole nitrogens is 1. The maximum absolute atomic E-state index is 5.52. The summed E-state index contributed by atoms with van der Waals surface area (Å²) in [4.78, 5) is 3.71. The van der Waals surface area contributed by atoms with E-state index in [0.29, 0.717) is 6.79 Å². The van der Waals surface area contributed by atoms with E-state index in [2.05, 4.69) is 53.6 Å². The molecule has 0 radical (unpaired) electrons. The predicted molar refractivity (Wildman–Crippen MR) is 97.0 cm³/mol. The van der Waals surface area contributed by atoms with Gasteiger partial charge in [0.1, 0.15) is 5.54 Å². The first-order valence-electron chi connectivity index (χ1n) is 9.06. The molecular formula is C21H23N2O2+. The Balaban J connectivity index is 1.44. The minimum absolute atomic E-state index is 0.0863. The van der Waals surface area contributed by atoms with Gasteiger partial charge in [-0.05, 0) is 42.7 Å². The smallest absolute Gasteiger partial charge is 0.231 e. The number of aromatic nitrogens is 1. The van der Waals surface area contributed by atoms with Crippen molar-refractivity contribution in [2.75, 3.05) is 13.3 Å². The summed E-state index contributed by atoms with van der Waals surface area (Å²) in [5.74, 6) is 1.73. The van der Waals surface area contributed by atoms with Gasteiger partial charge < -0.3 is 19.8 Å². The number of aryl methyl sites for hydroxylation is 1. The van der Waals surface area contributed by atoms with Gasteiger partial charge in [-0.15, -0.1) is 0 Å². The van der Waals surface area contributed by atoms with Crippen LogP contribution in [0.5, 0.6) is 11.5 Å². The summed E-state index contributed by atoms with van der Waals surface area (Å²) in [6, 6.07) is 15.0. The molecule has 2 aromatic carbocycles. The topological polar surface area (TPSA) is 50.9 Å². The lowest BCUT2D eigenvalue weighted by Gasteiger charge is -2.32. The fourth-order valence-corrected chi connectivity index (χ4v) is 4.31. The molecule has 2 aliphatic rings. The van der Waals surface area contributed by atoms with Crippen LogP contribution in [0.15, 0.2) is 42.5 Å². The Morgan fingerprint density at radius 3 is 2.96 bits per heavy atom. The van der Waals surface area contributed by atoms with E-state index >= 15 is 0 Å². The number of rotatable bonds is 3. The summed E-state index contributed by atoms with van der Waals surface area (Å²) in [5.41, 5.74) is 5.56. The summed E-state index contributed by atoms with van der Waals surface area (Å²) in [6.07, 6.45) is 3.25. The SMILES string of the molecule is C[C@]1(CCc2ccc3c(c2)OCO3)[NH2+]CCc2c1[nH]c1ccccc21. The fourth-order valence-electron chi connectivity index (χ4n) is 4.31. The third-order valence-electron chi connectivity index (χ3n) is 5.74. The number of nitrogens with one attached hydrogen (secondary N) is 1. The Morgan fingerprint density at radius 1 is 1.12 bits per heavy atom. The van der Waals surface area contributed by atoms with E-state index in [-0.39, 0.29) is 5.54 Å². The molecule has 2 aliphatic heterocycles. The van der Waals surface area contributed by atoms with Gasteiger partial charge in [0.05, 0.1) is 12.2 Å². The molecule has 4 heteroatoms. The molecule has 25 heavy (non-hydrogen) atoms. The molecule has 1 aromatic heterocycles. The lowest BCUT2D eigenvalue weighted by molar-refractivity contribution is -0.737. The van der Waals surface area contributed by atoms with Crippen molar-refractivity contribution in [2.45, 2.75) is 31.7 Å². The highest BCUT2D eigenvalue weighted by molar-refractivity contribution is 5.85. The van der Waals surface area contributed by atoms with Crippen LogP contribution < -0.4 is 14.8 Å². The van der Waals surface area contributed by atoms with Crippen molar-refractivity contribution in [1.82, 2.24) is 4.98 Å². The summed E-state index contributed by atoms with van der Waals surface area (Å²) in [6.45, 7) is 3.85. The zero-order chi connectivity index (χ0) is 16.9. The number of fused-ring (bicyclic) bond motifs is 4. The Labute approximate surface area is 147 Å². The van der Waals surface area contributed by atoms with E-state index in [1.54, 1.807) is 0 Å². The van der Waals surface area contributed by atoms with Gasteiger partial charge in [0.15, 0.2) is 11.5 Å². The van der Waals surface area contributed by atoms with Crippen LogP contribution in [-0.4, -0.2) is 18.3 Å². The Hall–Kier alpha value is -2.46. The Kier molecular flexibility index (Phi) is 3.28. The lowest BCUT2D eigenvalue weighted by Crippen LogP contribution is -2.96. The van der Waals surface area contributed by atoms with E-state index in [4.69, 9.17) is 9.47 Å². The molecule has 0 bridgehead atoms. The molecule has 3 heterocycles. The van der Waals surface area contributed by atoms with Crippen LogP contribution in [-0.2, 0) is 18.4 Å². The maximum Gasteiger partial charge on any atom is 0.231 e. The first kappa shape index (κ1) is 14.8. The molecule has 0 aliphatic carbocycles. The highest BCUT2D eigenvalue weighted by atomic mass is 16.7. The molecule has 0 spiro atoms. The van der Waals surface area contributed by atoms with Crippen molar-refractivity contribution < 1.29 is 14.8 Å². The van der Waals surface area contributed by atoms with Crippen LogP contribution in [0, 0.1) is 0 Å². The molecule has 1 atom stereocenters. The zero-order valence-corrected chi connectivity index (χ0v) is 14.5. The minimum atomic E-state index is 0.0863. The van der Waals surface area contributed by atoms with Crippen molar-refractivity contribution >= 4 is 10.9 Å². The average Bonchev–Trinajstić information content (AvgIpc) is 3.25. The third-order valence-corrected chi connectivity index (χ3v) is 5.74. The van der Waals surface area contributed by atoms with E-state index in [0.717, 1.165) is 37.3 Å². The summed E-state index contributed by atoms with van der Waals surface area (Å²) < 4.78 is 10.9. The molecule has 0 fully saturated rings. The van der Waals surface area contributed by atoms with Crippen LogP contribution in [0.25, 0.3) is 10.9 Å². The zero-order valence-electron chi connectivity index (χ0n) is 14.5. The number of quaternary nitrogens is 1. The van der Waals surface area contributed by atoms with Gasteiger partial charge in [0.25, 0.3) is 0 Å². The molecule has 3 N–H and O–H groups in total. The van der Waals surface area contributed by atoms with Gasteiger partial charge in [-0.2, -0.15) is 0 Å². The van der Waals surface area contributed by atoms with Gasteiger partial charge in [-0.1, -0.05) is 24.3 Å². The lowest BCUT2D eigenvalue weighted by atomic mass is 9.84. The molecule has 128 valence electrons. The average molecular weight is 335 g/mol. The number of nitrogens with two attached hydrogens (primary N) is 1. The molecule has 0 amide bonds. The molecule has 0 saturated heterocycles. The Morgan fingerprint density at radius 2 is 2.00 bits per heavy atom. The predicted octanol–water partition coefficient (Wildman–Crippen LogP) is 2.86. The number of ether oxygens (including phenoxy) is 2. The number of aromatic amines is 1. The Bertz CT molecular complexity index is 946. The molecule has 0 saturated carbocycles. The maximum atomic E-state index is 5.52. The van der Waals surface area contributed by atoms with Crippen LogP contribution in [0.4, 0.5) is 0 Å².